The van der Waals surface area contributed by atoms with Crippen molar-refractivity contribution in [3.05, 3.63) is 18.5 Å². The molecule has 0 aliphatic heterocycles. The lowest BCUT2D eigenvalue weighted by molar-refractivity contribution is -0.113. The number of carbonyl (C=O) groups is 1. The Labute approximate surface area is 110 Å². The van der Waals surface area contributed by atoms with Crippen LogP contribution in [0.15, 0.2) is 18.5 Å². The van der Waals surface area contributed by atoms with Gasteiger partial charge >= 0.3 is 0 Å². The summed E-state index contributed by atoms with van der Waals surface area (Å²) >= 11 is 1.49. The van der Waals surface area contributed by atoms with Crippen LogP contribution >= 0.6 is 11.8 Å². The number of hydrogen-bond acceptors (Lipinski definition) is 4. The molecule has 0 radical (unpaired) electrons. The summed E-state index contributed by atoms with van der Waals surface area (Å²) < 4.78 is 1.86. The molecule has 0 spiro atoms. The summed E-state index contributed by atoms with van der Waals surface area (Å²) in [5.74, 6) is 0.434. The number of thioether (sulfide) groups is 1. The smallest absolute Gasteiger partial charge is 0.234 e. The average molecular weight is 264 g/mol. The minimum absolute atomic E-state index is 0.0140. The quantitative estimate of drug-likeness (QED) is 0.920. The summed E-state index contributed by atoms with van der Waals surface area (Å²) in [6, 6.07) is 2.17. The second kappa shape index (κ2) is 5.39. The van der Waals surface area contributed by atoms with E-state index in [0.717, 1.165) is 11.0 Å². The molecular formula is C12H16N4OS. The van der Waals surface area contributed by atoms with Gasteiger partial charge in [0.1, 0.15) is 0 Å². The van der Waals surface area contributed by atoms with E-state index in [1.54, 1.807) is 12.4 Å². The summed E-state index contributed by atoms with van der Waals surface area (Å²) in [7, 11) is 0. The van der Waals surface area contributed by atoms with Gasteiger partial charge in [0.25, 0.3) is 0 Å². The molecule has 5 nitrogen and oxygen atoms in total. The van der Waals surface area contributed by atoms with Gasteiger partial charge in [-0.1, -0.05) is 0 Å². The lowest BCUT2D eigenvalue weighted by Crippen LogP contribution is -2.14. The molecule has 1 amide bonds. The molecule has 0 saturated heterocycles. The SMILES string of the molecule is CSCC(=O)Nc1cnc2c(cnn2C(C)C)c1. The number of rotatable bonds is 4. The standard InChI is InChI=1S/C12H16N4OS/c1-8(2)16-12-9(5-14-16)4-10(6-13-12)15-11(17)7-18-3/h4-6,8H,7H2,1-3H3,(H,15,17). The van der Waals surface area contributed by atoms with E-state index >= 15 is 0 Å². The van der Waals surface area contributed by atoms with Crippen molar-refractivity contribution in [2.45, 2.75) is 19.9 Å². The molecule has 96 valence electrons. The van der Waals surface area contributed by atoms with E-state index in [1.165, 1.54) is 11.8 Å². The average Bonchev–Trinajstić information content (AvgIpc) is 2.72. The van der Waals surface area contributed by atoms with Gasteiger partial charge in [-0.2, -0.15) is 16.9 Å². The zero-order valence-electron chi connectivity index (χ0n) is 10.7. The summed E-state index contributed by atoms with van der Waals surface area (Å²) in [4.78, 5) is 15.8. The topological polar surface area (TPSA) is 59.8 Å². The summed E-state index contributed by atoms with van der Waals surface area (Å²) in [6.07, 6.45) is 5.33. The Kier molecular flexibility index (Phi) is 3.86. The third-order valence-corrected chi connectivity index (χ3v) is 3.03. The fourth-order valence-corrected chi connectivity index (χ4v) is 2.05. The molecule has 2 rings (SSSR count). The van der Waals surface area contributed by atoms with Crippen molar-refractivity contribution in [2.24, 2.45) is 0 Å². The van der Waals surface area contributed by atoms with E-state index in [4.69, 9.17) is 0 Å². The van der Waals surface area contributed by atoms with Crippen LogP contribution in [0.25, 0.3) is 11.0 Å². The lowest BCUT2D eigenvalue weighted by atomic mass is 10.3. The molecule has 0 atom stereocenters. The predicted molar refractivity (Wildman–Crippen MR) is 74.9 cm³/mol. The van der Waals surface area contributed by atoms with Crippen molar-refractivity contribution in [1.29, 1.82) is 0 Å². The zero-order valence-corrected chi connectivity index (χ0v) is 11.5. The van der Waals surface area contributed by atoms with E-state index in [9.17, 15) is 4.79 Å². The van der Waals surface area contributed by atoms with Gasteiger partial charge < -0.3 is 5.32 Å². The number of nitrogens with one attached hydrogen (secondary N) is 1. The first kappa shape index (κ1) is 12.9. The second-order valence-corrected chi connectivity index (χ2v) is 5.17. The van der Waals surface area contributed by atoms with Gasteiger partial charge in [0.05, 0.1) is 23.8 Å². The first-order valence-corrected chi connectivity index (χ1v) is 7.13. The van der Waals surface area contributed by atoms with E-state index in [0.29, 0.717) is 11.4 Å². The van der Waals surface area contributed by atoms with Gasteiger partial charge in [-0.3, -0.25) is 4.79 Å². The molecule has 0 unspecified atom stereocenters. The van der Waals surface area contributed by atoms with Crippen LogP contribution in [0, 0.1) is 0 Å². The largest absolute Gasteiger partial charge is 0.324 e. The lowest BCUT2D eigenvalue weighted by Gasteiger charge is -2.07. The number of anilines is 1. The summed E-state index contributed by atoms with van der Waals surface area (Å²) in [5.41, 5.74) is 1.55. The number of nitrogens with zero attached hydrogens (tertiary/aromatic N) is 3. The summed E-state index contributed by atoms with van der Waals surface area (Å²) in [5, 5.41) is 8.04. The molecule has 6 heteroatoms. The molecule has 0 bridgehead atoms. The van der Waals surface area contributed by atoms with E-state index < -0.39 is 0 Å². The van der Waals surface area contributed by atoms with Gasteiger partial charge in [-0.15, -0.1) is 0 Å². The van der Waals surface area contributed by atoms with Gasteiger partial charge in [0, 0.05) is 11.4 Å². The Bertz CT molecular complexity index is 564. The highest BCUT2D eigenvalue weighted by atomic mass is 32.2. The number of pyridine rings is 1. The predicted octanol–water partition coefficient (Wildman–Crippen LogP) is 2.31. The number of aromatic nitrogens is 3. The Balaban J connectivity index is 2.26. The normalized spacial score (nSPS) is 11.1. The highest BCUT2D eigenvalue weighted by Gasteiger charge is 2.08. The van der Waals surface area contributed by atoms with Crippen LogP contribution in [0.1, 0.15) is 19.9 Å². The van der Waals surface area contributed by atoms with Crippen molar-refractivity contribution in [3.8, 4) is 0 Å². The van der Waals surface area contributed by atoms with Crippen molar-refractivity contribution in [3.63, 3.8) is 0 Å². The van der Waals surface area contributed by atoms with Crippen molar-refractivity contribution in [1.82, 2.24) is 14.8 Å². The maximum atomic E-state index is 11.5. The number of fused-ring (bicyclic) bond motifs is 1. The number of carbonyl (C=O) groups excluding carboxylic acids is 1. The van der Waals surface area contributed by atoms with E-state index in [-0.39, 0.29) is 11.9 Å². The second-order valence-electron chi connectivity index (χ2n) is 4.30. The monoisotopic (exact) mass is 264 g/mol. The van der Waals surface area contributed by atoms with Crippen LogP contribution in [0.5, 0.6) is 0 Å². The van der Waals surface area contributed by atoms with Crippen LogP contribution in [-0.2, 0) is 4.79 Å². The molecule has 2 aromatic rings. The fraction of sp³-hybridized carbons (Fsp3) is 0.417. The Morgan fingerprint density at radius 2 is 2.28 bits per heavy atom. The number of amides is 1. The van der Waals surface area contributed by atoms with Gasteiger partial charge in [0.2, 0.25) is 5.91 Å². The Hall–Kier alpha value is -1.56. The molecule has 0 aliphatic rings. The van der Waals surface area contributed by atoms with Crippen LogP contribution in [-0.4, -0.2) is 32.7 Å². The maximum Gasteiger partial charge on any atom is 0.234 e. The first-order chi connectivity index (χ1) is 8.61. The fourth-order valence-electron chi connectivity index (χ4n) is 1.71. The summed E-state index contributed by atoms with van der Waals surface area (Å²) in [6.45, 7) is 4.12. The third-order valence-electron chi connectivity index (χ3n) is 2.48. The van der Waals surface area contributed by atoms with Crippen molar-refractivity contribution >= 4 is 34.4 Å². The van der Waals surface area contributed by atoms with Crippen LogP contribution in [0.3, 0.4) is 0 Å². The molecule has 2 heterocycles. The maximum absolute atomic E-state index is 11.5. The van der Waals surface area contributed by atoms with Crippen LogP contribution in [0.2, 0.25) is 0 Å². The molecule has 18 heavy (non-hydrogen) atoms. The molecule has 0 aromatic carbocycles. The third kappa shape index (κ3) is 2.64. The minimum Gasteiger partial charge on any atom is -0.324 e. The molecule has 0 aliphatic carbocycles. The first-order valence-electron chi connectivity index (χ1n) is 5.74. The van der Waals surface area contributed by atoms with Gasteiger partial charge in [0.15, 0.2) is 5.65 Å². The van der Waals surface area contributed by atoms with Gasteiger partial charge in [-0.25, -0.2) is 9.67 Å². The van der Waals surface area contributed by atoms with Crippen molar-refractivity contribution < 1.29 is 4.79 Å². The highest BCUT2D eigenvalue weighted by molar-refractivity contribution is 7.99. The molecule has 0 saturated carbocycles. The van der Waals surface area contributed by atoms with Gasteiger partial charge in [-0.05, 0) is 26.2 Å². The molecule has 0 fully saturated rings. The minimum atomic E-state index is -0.0140. The number of hydrogen-bond donors (Lipinski definition) is 1. The van der Waals surface area contributed by atoms with E-state index in [2.05, 4.69) is 29.2 Å². The van der Waals surface area contributed by atoms with Crippen molar-refractivity contribution in [2.75, 3.05) is 17.3 Å². The molecule has 2 aromatic heterocycles. The van der Waals surface area contributed by atoms with Crippen LogP contribution < -0.4 is 5.32 Å². The van der Waals surface area contributed by atoms with Crippen LogP contribution in [0.4, 0.5) is 5.69 Å². The Morgan fingerprint density at radius 3 is 2.94 bits per heavy atom. The molecular weight excluding hydrogens is 248 g/mol. The van der Waals surface area contributed by atoms with E-state index in [1.807, 2.05) is 17.0 Å². The highest BCUT2D eigenvalue weighted by Crippen LogP contribution is 2.19. The Morgan fingerprint density at radius 1 is 1.50 bits per heavy atom. The zero-order chi connectivity index (χ0) is 13.1. The molecule has 1 N–H and O–H groups in total.